The normalized spacial score (nSPS) is 10.5. The monoisotopic (exact) mass is 379 g/mol. The summed E-state index contributed by atoms with van der Waals surface area (Å²) in [6.07, 6.45) is 1.37. The molecule has 0 bridgehead atoms. The highest BCUT2D eigenvalue weighted by Gasteiger charge is 2.12. The molecule has 112 valence electrons. The molecule has 0 unspecified atom stereocenters. The Bertz CT molecular complexity index is 717. The summed E-state index contributed by atoms with van der Waals surface area (Å²) < 4.78 is 0.874. The van der Waals surface area contributed by atoms with Crippen molar-refractivity contribution in [1.29, 1.82) is 0 Å². The number of carbonyl (C=O) groups is 2. The summed E-state index contributed by atoms with van der Waals surface area (Å²) >= 11 is 9.22. The highest BCUT2D eigenvalue weighted by Crippen LogP contribution is 2.14. The van der Waals surface area contributed by atoms with Crippen LogP contribution < -0.4 is 10.7 Å². The van der Waals surface area contributed by atoms with E-state index in [1.54, 1.807) is 48.5 Å². The van der Waals surface area contributed by atoms with Crippen molar-refractivity contribution in [3.63, 3.8) is 0 Å². The quantitative estimate of drug-likeness (QED) is 0.488. The van der Waals surface area contributed by atoms with Gasteiger partial charge < -0.3 is 5.32 Å². The molecule has 2 aromatic carbocycles. The summed E-state index contributed by atoms with van der Waals surface area (Å²) in [6, 6.07) is 13.8. The first-order valence-corrected chi connectivity index (χ1v) is 7.38. The number of carbonyl (C=O) groups excluding carboxylic acids is 2. The minimum Gasteiger partial charge on any atom is -0.318 e. The molecule has 0 aliphatic rings. The first-order chi connectivity index (χ1) is 10.6. The van der Waals surface area contributed by atoms with E-state index >= 15 is 0 Å². The number of nitrogens with zero attached hydrogens (tertiary/aromatic N) is 1. The van der Waals surface area contributed by atoms with Crippen LogP contribution in [0.15, 0.2) is 58.1 Å². The van der Waals surface area contributed by atoms with Crippen molar-refractivity contribution < 1.29 is 9.59 Å². The van der Waals surface area contributed by atoms with E-state index in [4.69, 9.17) is 11.6 Å². The second-order valence-corrected chi connectivity index (χ2v) is 5.50. The summed E-state index contributed by atoms with van der Waals surface area (Å²) in [5.74, 6) is -1.68. The van der Waals surface area contributed by atoms with E-state index in [0.717, 1.165) is 4.47 Å². The highest BCUT2D eigenvalue weighted by atomic mass is 79.9. The third kappa shape index (κ3) is 4.68. The Kier molecular flexibility index (Phi) is 5.68. The predicted octanol–water partition coefficient (Wildman–Crippen LogP) is 3.19. The minimum atomic E-state index is -0.869. The van der Waals surface area contributed by atoms with Gasteiger partial charge in [-0.1, -0.05) is 45.7 Å². The van der Waals surface area contributed by atoms with Crippen molar-refractivity contribution >= 4 is 51.2 Å². The molecule has 0 aliphatic carbocycles. The molecule has 0 aromatic heterocycles. The lowest BCUT2D eigenvalue weighted by atomic mass is 10.2. The standard InChI is InChI=1S/C15H11BrClN3O2/c16-11-5-7-12(8-6-11)19-14(21)15(22)20-18-9-10-3-1-2-4-13(10)17/h1-9H,(H,19,21)(H,20,22). The summed E-state index contributed by atoms with van der Waals surface area (Å²) in [4.78, 5) is 23.3. The lowest BCUT2D eigenvalue weighted by molar-refractivity contribution is -0.136. The van der Waals surface area contributed by atoms with Crippen molar-refractivity contribution in [1.82, 2.24) is 5.43 Å². The molecule has 5 nitrogen and oxygen atoms in total. The van der Waals surface area contributed by atoms with Gasteiger partial charge >= 0.3 is 11.8 Å². The Morgan fingerprint density at radius 3 is 2.41 bits per heavy atom. The molecular weight excluding hydrogens is 370 g/mol. The molecule has 0 atom stereocenters. The van der Waals surface area contributed by atoms with Gasteiger partial charge in [0.2, 0.25) is 0 Å². The number of hydrogen-bond donors (Lipinski definition) is 2. The number of amides is 2. The summed E-state index contributed by atoms with van der Waals surface area (Å²) in [6.45, 7) is 0. The second kappa shape index (κ2) is 7.72. The smallest absolute Gasteiger partial charge is 0.318 e. The molecule has 0 saturated carbocycles. The van der Waals surface area contributed by atoms with E-state index in [9.17, 15) is 9.59 Å². The largest absolute Gasteiger partial charge is 0.329 e. The van der Waals surface area contributed by atoms with Gasteiger partial charge in [-0.2, -0.15) is 5.10 Å². The first kappa shape index (κ1) is 16.2. The van der Waals surface area contributed by atoms with Crippen LogP contribution in [0.2, 0.25) is 5.02 Å². The SMILES string of the molecule is O=C(NN=Cc1ccccc1Cl)C(=O)Nc1ccc(Br)cc1. The fourth-order valence-electron chi connectivity index (χ4n) is 1.51. The maximum absolute atomic E-state index is 11.7. The Balaban J connectivity index is 1.90. The lowest BCUT2D eigenvalue weighted by Gasteiger charge is -2.03. The fourth-order valence-corrected chi connectivity index (χ4v) is 1.96. The number of rotatable bonds is 3. The van der Waals surface area contributed by atoms with Gasteiger partial charge in [0, 0.05) is 20.7 Å². The molecule has 0 saturated heterocycles. The van der Waals surface area contributed by atoms with Crippen LogP contribution in [-0.2, 0) is 9.59 Å². The number of hydrazone groups is 1. The average molecular weight is 381 g/mol. The van der Waals surface area contributed by atoms with Crippen molar-refractivity contribution in [3.05, 3.63) is 63.6 Å². The van der Waals surface area contributed by atoms with Crippen molar-refractivity contribution in [2.45, 2.75) is 0 Å². The number of halogens is 2. The van der Waals surface area contributed by atoms with Gasteiger partial charge in [-0.3, -0.25) is 9.59 Å². The molecule has 2 amide bonds. The van der Waals surface area contributed by atoms with E-state index in [2.05, 4.69) is 31.8 Å². The molecule has 2 aromatic rings. The zero-order valence-corrected chi connectivity index (χ0v) is 13.6. The Morgan fingerprint density at radius 1 is 1.05 bits per heavy atom. The van der Waals surface area contributed by atoms with E-state index < -0.39 is 11.8 Å². The Labute approximate surface area is 140 Å². The molecule has 0 heterocycles. The molecule has 22 heavy (non-hydrogen) atoms. The van der Waals surface area contributed by atoms with E-state index in [-0.39, 0.29) is 0 Å². The zero-order valence-electron chi connectivity index (χ0n) is 11.2. The number of nitrogens with one attached hydrogen (secondary N) is 2. The van der Waals surface area contributed by atoms with Crippen LogP contribution in [0.1, 0.15) is 5.56 Å². The maximum atomic E-state index is 11.7. The van der Waals surface area contributed by atoms with E-state index in [1.165, 1.54) is 6.21 Å². The number of anilines is 1. The molecule has 2 rings (SSSR count). The van der Waals surface area contributed by atoms with Crippen molar-refractivity contribution in [2.24, 2.45) is 5.10 Å². The molecule has 7 heteroatoms. The van der Waals surface area contributed by atoms with Crippen LogP contribution >= 0.6 is 27.5 Å². The summed E-state index contributed by atoms with van der Waals surface area (Å²) in [5, 5.41) is 6.66. The molecular formula is C15H11BrClN3O2. The molecule has 0 spiro atoms. The highest BCUT2D eigenvalue weighted by molar-refractivity contribution is 9.10. The van der Waals surface area contributed by atoms with Gasteiger partial charge in [0.1, 0.15) is 0 Å². The fraction of sp³-hybridized carbons (Fsp3) is 0. The van der Waals surface area contributed by atoms with Gasteiger partial charge in [0.15, 0.2) is 0 Å². The average Bonchev–Trinajstić information content (AvgIpc) is 2.51. The van der Waals surface area contributed by atoms with Crippen LogP contribution in [0.4, 0.5) is 5.69 Å². The summed E-state index contributed by atoms with van der Waals surface area (Å²) in [7, 11) is 0. The molecule has 0 aliphatic heterocycles. The van der Waals surface area contributed by atoms with Crippen LogP contribution in [0.3, 0.4) is 0 Å². The summed E-state index contributed by atoms with van der Waals surface area (Å²) in [5.41, 5.74) is 3.29. The Hall–Kier alpha value is -2.18. The van der Waals surface area contributed by atoms with Gasteiger partial charge in [0.25, 0.3) is 0 Å². The number of benzene rings is 2. The molecule has 0 radical (unpaired) electrons. The molecule has 2 N–H and O–H groups in total. The van der Waals surface area contributed by atoms with Gasteiger partial charge in [-0.05, 0) is 30.3 Å². The van der Waals surface area contributed by atoms with E-state index in [1.807, 2.05) is 0 Å². The number of hydrogen-bond acceptors (Lipinski definition) is 3. The van der Waals surface area contributed by atoms with Crippen LogP contribution in [0.25, 0.3) is 0 Å². The Morgan fingerprint density at radius 2 is 1.73 bits per heavy atom. The predicted molar refractivity (Wildman–Crippen MR) is 90.0 cm³/mol. The second-order valence-electron chi connectivity index (χ2n) is 4.18. The van der Waals surface area contributed by atoms with Crippen LogP contribution in [-0.4, -0.2) is 18.0 Å². The van der Waals surface area contributed by atoms with Crippen LogP contribution in [0.5, 0.6) is 0 Å². The minimum absolute atomic E-state index is 0.500. The zero-order chi connectivity index (χ0) is 15.9. The van der Waals surface area contributed by atoms with Crippen molar-refractivity contribution in [3.8, 4) is 0 Å². The maximum Gasteiger partial charge on any atom is 0.329 e. The van der Waals surface area contributed by atoms with Gasteiger partial charge in [-0.25, -0.2) is 5.43 Å². The third-order valence-corrected chi connectivity index (χ3v) is 3.46. The molecule has 0 fully saturated rings. The van der Waals surface area contributed by atoms with Crippen LogP contribution in [0, 0.1) is 0 Å². The third-order valence-electron chi connectivity index (χ3n) is 2.58. The lowest BCUT2D eigenvalue weighted by Crippen LogP contribution is -2.32. The van der Waals surface area contributed by atoms with E-state index in [0.29, 0.717) is 16.3 Å². The van der Waals surface area contributed by atoms with Gasteiger partial charge in [0.05, 0.1) is 6.21 Å². The van der Waals surface area contributed by atoms with Crippen molar-refractivity contribution in [2.75, 3.05) is 5.32 Å². The topological polar surface area (TPSA) is 70.6 Å². The first-order valence-electron chi connectivity index (χ1n) is 6.21. The van der Waals surface area contributed by atoms with Gasteiger partial charge in [-0.15, -0.1) is 0 Å².